The molecule has 2 aromatic rings. The van der Waals surface area contributed by atoms with Gasteiger partial charge in [-0.25, -0.2) is 9.48 Å². The maximum atomic E-state index is 12.0. The fourth-order valence-corrected chi connectivity index (χ4v) is 2.10. The number of carbonyl (C=O) groups is 1. The molecule has 1 unspecified atom stereocenters. The van der Waals surface area contributed by atoms with E-state index in [1.165, 1.54) is 9.08 Å². The summed E-state index contributed by atoms with van der Waals surface area (Å²) in [4.78, 5) is 23.8. The Labute approximate surface area is 128 Å². The molecule has 22 heavy (non-hydrogen) atoms. The van der Waals surface area contributed by atoms with Crippen molar-refractivity contribution in [1.29, 1.82) is 0 Å². The predicted molar refractivity (Wildman–Crippen MR) is 82.5 cm³/mol. The van der Waals surface area contributed by atoms with E-state index >= 15 is 0 Å². The van der Waals surface area contributed by atoms with Crippen molar-refractivity contribution < 1.29 is 9.90 Å². The van der Waals surface area contributed by atoms with E-state index in [1.54, 1.807) is 24.4 Å². The Morgan fingerprint density at radius 2 is 2.18 bits per heavy atom. The minimum absolute atomic E-state index is 0.153. The van der Waals surface area contributed by atoms with Gasteiger partial charge in [0.05, 0.1) is 12.6 Å². The van der Waals surface area contributed by atoms with Crippen LogP contribution < -0.4 is 11.0 Å². The molecule has 7 heteroatoms. The van der Waals surface area contributed by atoms with Gasteiger partial charge in [0.25, 0.3) is 0 Å². The number of hydrogen-bond acceptors (Lipinski definition) is 4. The number of fused-ring (bicyclic) bond motifs is 1. The monoisotopic (exact) mass is 306 g/mol. The molecular formula is C15H22N4O3. The van der Waals surface area contributed by atoms with E-state index in [-0.39, 0.29) is 30.5 Å². The first-order valence-electron chi connectivity index (χ1n) is 7.48. The lowest BCUT2D eigenvalue weighted by Crippen LogP contribution is -2.30. The first kappa shape index (κ1) is 16.2. The van der Waals surface area contributed by atoms with Gasteiger partial charge in [-0.1, -0.05) is 19.9 Å². The highest BCUT2D eigenvalue weighted by molar-refractivity contribution is 5.75. The second-order valence-corrected chi connectivity index (χ2v) is 5.63. The van der Waals surface area contributed by atoms with Crippen molar-refractivity contribution in [2.45, 2.75) is 39.3 Å². The number of pyridine rings is 1. The average molecular weight is 306 g/mol. The number of aromatic nitrogens is 3. The third kappa shape index (κ3) is 3.94. The summed E-state index contributed by atoms with van der Waals surface area (Å²) in [5, 5.41) is 16.6. The number of aryl methyl sites for hydroxylation is 1. The van der Waals surface area contributed by atoms with Gasteiger partial charge in [0.1, 0.15) is 0 Å². The molecule has 0 aromatic carbocycles. The molecule has 120 valence electrons. The molecular weight excluding hydrogens is 284 g/mol. The summed E-state index contributed by atoms with van der Waals surface area (Å²) < 4.78 is 2.73. The van der Waals surface area contributed by atoms with Gasteiger partial charge in [0, 0.05) is 19.2 Å². The summed E-state index contributed by atoms with van der Waals surface area (Å²) in [5.41, 5.74) is 0.312. The van der Waals surface area contributed by atoms with Crippen LogP contribution in [0.25, 0.3) is 5.65 Å². The van der Waals surface area contributed by atoms with Crippen molar-refractivity contribution >= 4 is 11.6 Å². The number of carbonyl (C=O) groups excluding carboxylic acids is 1. The SMILES string of the molecule is CC(C)C(O)CCNC(=O)CCn1nc2ccccn2c1=O. The number of nitrogens with zero attached hydrogens (tertiary/aromatic N) is 3. The first-order chi connectivity index (χ1) is 10.5. The van der Waals surface area contributed by atoms with E-state index in [2.05, 4.69) is 10.4 Å². The average Bonchev–Trinajstić information content (AvgIpc) is 2.82. The summed E-state index contributed by atoms with van der Waals surface area (Å²) in [7, 11) is 0. The molecule has 0 aliphatic heterocycles. The normalized spacial score (nSPS) is 12.7. The topological polar surface area (TPSA) is 88.6 Å². The van der Waals surface area contributed by atoms with E-state index < -0.39 is 6.10 Å². The van der Waals surface area contributed by atoms with Gasteiger partial charge in [0.2, 0.25) is 5.91 Å². The van der Waals surface area contributed by atoms with Crippen molar-refractivity contribution in [3.63, 3.8) is 0 Å². The van der Waals surface area contributed by atoms with Crippen LogP contribution in [0.1, 0.15) is 26.7 Å². The maximum absolute atomic E-state index is 12.0. The zero-order chi connectivity index (χ0) is 16.1. The summed E-state index contributed by atoms with van der Waals surface area (Å²) in [6.07, 6.45) is 1.94. The van der Waals surface area contributed by atoms with Crippen LogP contribution >= 0.6 is 0 Å². The lowest BCUT2D eigenvalue weighted by atomic mass is 10.0. The van der Waals surface area contributed by atoms with E-state index in [0.29, 0.717) is 18.6 Å². The molecule has 2 heterocycles. The van der Waals surface area contributed by atoms with Gasteiger partial charge in [-0.05, 0) is 24.5 Å². The van der Waals surface area contributed by atoms with Gasteiger partial charge >= 0.3 is 5.69 Å². The third-order valence-electron chi connectivity index (χ3n) is 3.57. The van der Waals surface area contributed by atoms with Crippen LogP contribution in [0.3, 0.4) is 0 Å². The van der Waals surface area contributed by atoms with E-state index in [4.69, 9.17) is 0 Å². The smallest absolute Gasteiger partial charge is 0.350 e. The minimum atomic E-state index is -0.415. The molecule has 0 saturated heterocycles. The van der Waals surface area contributed by atoms with Crippen LogP contribution in [0.15, 0.2) is 29.2 Å². The Bertz CT molecular complexity index is 689. The molecule has 1 amide bonds. The highest BCUT2D eigenvalue weighted by atomic mass is 16.3. The summed E-state index contributed by atoms with van der Waals surface area (Å²) in [6, 6.07) is 5.30. The van der Waals surface area contributed by atoms with E-state index in [9.17, 15) is 14.7 Å². The van der Waals surface area contributed by atoms with Crippen LogP contribution in [-0.4, -0.2) is 37.8 Å². The van der Waals surface area contributed by atoms with Crippen molar-refractivity contribution in [1.82, 2.24) is 19.5 Å². The molecule has 7 nitrogen and oxygen atoms in total. The second-order valence-electron chi connectivity index (χ2n) is 5.63. The van der Waals surface area contributed by atoms with Gasteiger partial charge in [-0.15, -0.1) is 5.10 Å². The van der Waals surface area contributed by atoms with Gasteiger partial charge < -0.3 is 10.4 Å². The summed E-state index contributed by atoms with van der Waals surface area (Å²) in [6.45, 7) is 4.53. The highest BCUT2D eigenvalue weighted by Gasteiger charge is 2.11. The molecule has 0 bridgehead atoms. The van der Waals surface area contributed by atoms with Gasteiger partial charge in [0.15, 0.2) is 5.65 Å². The largest absolute Gasteiger partial charge is 0.393 e. The van der Waals surface area contributed by atoms with E-state index in [0.717, 1.165) is 0 Å². The summed E-state index contributed by atoms with van der Waals surface area (Å²) >= 11 is 0. The van der Waals surface area contributed by atoms with Crippen LogP contribution in [0.5, 0.6) is 0 Å². The van der Waals surface area contributed by atoms with Gasteiger partial charge in [-0.3, -0.25) is 9.20 Å². The zero-order valence-corrected chi connectivity index (χ0v) is 12.9. The highest BCUT2D eigenvalue weighted by Crippen LogP contribution is 2.04. The third-order valence-corrected chi connectivity index (χ3v) is 3.57. The Kier molecular flexibility index (Phi) is 5.32. The number of aliphatic hydroxyl groups is 1. The molecule has 2 aromatic heterocycles. The molecule has 1 atom stereocenters. The molecule has 0 radical (unpaired) electrons. The van der Waals surface area contributed by atoms with Crippen LogP contribution in [0.2, 0.25) is 0 Å². The molecule has 2 N–H and O–H groups in total. The Morgan fingerprint density at radius 1 is 1.41 bits per heavy atom. The standard InChI is InChI=1S/C15H22N4O3/c1-11(2)12(20)6-8-16-14(21)7-10-19-15(22)18-9-4-3-5-13(18)17-19/h3-5,9,11-12,20H,6-8,10H2,1-2H3,(H,16,21). The fraction of sp³-hybridized carbons (Fsp3) is 0.533. The molecule has 0 saturated carbocycles. The lowest BCUT2D eigenvalue weighted by molar-refractivity contribution is -0.121. The first-order valence-corrected chi connectivity index (χ1v) is 7.48. The predicted octanol–water partition coefficient (Wildman–Crippen LogP) is 0.409. The van der Waals surface area contributed by atoms with E-state index in [1.807, 2.05) is 13.8 Å². The van der Waals surface area contributed by atoms with Crippen LogP contribution in [-0.2, 0) is 11.3 Å². The molecule has 0 spiro atoms. The molecule has 2 rings (SSSR count). The number of amides is 1. The van der Waals surface area contributed by atoms with Crippen molar-refractivity contribution in [2.24, 2.45) is 5.92 Å². The fourth-order valence-electron chi connectivity index (χ4n) is 2.10. The Hall–Kier alpha value is -2.15. The Morgan fingerprint density at radius 3 is 2.86 bits per heavy atom. The quantitative estimate of drug-likeness (QED) is 0.775. The van der Waals surface area contributed by atoms with Crippen LogP contribution in [0.4, 0.5) is 0 Å². The zero-order valence-electron chi connectivity index (χ0n) is 12.9. The van der Waals surface area contributed by atoms with Crippen molar-refractivity contribution in [3.05, 3.63) is 34.9 Å². The molecule has 0 aliphatic carbocycles. The minimum Gasteiger partial charge on any atom is -0.393 e. The van der Waals surface area contributed by atoms with Gasteiger partial charge in [-0.2, -0.15) is 0 Å². The number of nitrogens with one attached hydrogen (secondary N) is 1. The number of aliphatic hydroxyl groups excluding tert-OH is 1. The Balaban J connectivity index is 1.83. The number of rotatable bonds is 7. The maximum Gasteiger partial charge on any atom is 0.350 e. The lowest BCUT2D eigenvalue weighted by Gasteiger charge is -2.14. The molecule has 0 fully saturated rings. The second kappa shape index (κ2) is 7.22. The van der Waals surface area contributed by atoms with Crippen LogP contribution in [0, 0.1) is 5.92 Å². The molecule has 0 aliphatic rings. The number of hydrogen-bond donors (Lipinski definition) is 2. The van der Waals surface area contributed by atoms with Crippen molar-refractivity contribution in [2.75, 3.05) is 6.54 Å². The summed E-state index contributed by atoms with van der Waals surface area (Å²) in [5.74, 6) is 0.0216. The van der Waals surface area contributed by atoms with Crippen molar-refractivity contribution in [3.8, 4) is 0 Å².